The molecule has 0 spiro atoms. The van der Waals surface area contributed by atoms with E-state index in [0.717, 1.165) is 15.9 Å². The first-order chi connectivity index (χ1) is 18.5. The number of fused-ring (bicyclic) bond motifs is 1. The summed E-state index contributed by atoms with van der Waals surface area (Å²) in [7, 11) is 0. The molecule has 0 bridgehead atoms. The van der Waals surface area contributed by atoms with Gasteiger partial charge in [-0.15, -0.1) is 0 Å². The van der Waals surface area contributed by atoms with Crippen molar-refractivity contribution in [3.8, 4) is 5.75 Å². The first kappa shape index (κ1) is 29.3. The number of hydrogen-bond acceptors (Lipinski definition) is 6. The normalized spacial score (nSPS) is 15.6. The summed E-state index contributed by atoms with van der Waals surface area (Å²) in [6.45, 7) is 5.11. The zero-order valence-electron chi connectivity index (χ0n) is 20.0. The summed E-state index contributed by atoms with van der Waals surface area (Å²) in [4.78, 5) is 30.2. The van der Waals surface area contributed by atoms with E-state index in [-0.39, 0.29) is 28.1 Å². The number of allylic oxidation sites excluding steroid dienone is 1. The summed E-state index contributed by atoms with van der Waals surface area (Å²) in [6.07, 6.45) is -1.95. The van der Waals surface area contributed by atoms with Crippen LogP contribution >= 0.6 is 54.8 Å². The molecule has 4 rings (SSSR count). The third-order valence-corrected chi connectivity index (χ3v) is 7.73. The fourth-order valence-corrected chi connectivity index (χ4v) is 6.41. The lowest BCUT2D eigenvalue weighted by molar-refractivity contribution is -0.140. The van der Waals surface area contributed by atoms with Crippen LogP contribution in [0, 0.1) is 0 Å². The lowest BCUT2D eigenvalue weighted by Gasteiger charge is -2.26. The highest BCUT2D eigenvalue weighted by molar-refractivity contribution is 9.11. The van der Waals surface area contributed by atoms with E-state index < -0.39 is 35.0 Å². The molecule has 204 valence electrons. The van der Waals surface area contributed by atoms with E-state index in [0.29, 0.717) is 25.3 Å². The Balaban J connectivity index is 2.05. The van der Waals surface area contributed by atoms with Crippen LogP contribution in [-0.2, 0) is 9.53 Å². The average molecular weight is 707 g/mol. The van der Waals surface area contributed by atoms with Crippen LogP contribution in [0.15, 0.2) is 79.1 Å². The Hall–Kier alpha value is -2.67. The Kier molecular flexibility index (Phi) is 8.89. The van der Waals surface area contributed by atoms with E-state index in [1.807, 2.05) is 0 Å². The molecule has 1 atom stereocenters. The van der Waals surface area contributed by atoms with Crippen LogP contribution in [0.3, 0.4) is 0 Å². The van der Waals surface area contributed by atoms with E-state index in [1.165, 1.54) is 37.3 Å². The quantitative estimate of drug-likeness (QED) is 0.221. The highest BCUT2D eigenvalue weighted by Gasteiger charge is 2.45. The molecule has 0 unspecified atom stereocenters. The third kappa shape index (κ3) is 6.08. The molecule has 0 amide bonds. The van der Waals surface area contributed by atoms with Crippen LogP contribution in [0.4, 0.5) is 13.2 Å². The average Bonchev–Trinajstić information content (AvgIpc) is 3.17. The number of benzene rings is 2. The smallest absolute Gasteiger partial charge is 0.434 e. The molecule has 0 radical (unpaired) electrons. The van der Waals surface area contributed by atoms with Crippen LogP contribution < -0.4 is 19.6 Å². The van der Waals surface area contributed by atoms with Crippen LogP contribution in [0.25, 0.3) is 6.08 Å². The fourth-order valence-electron chi connectivity index (χ4n) is 3.92. The lowest BCUT2D eigenvalue weighted by Crippen LogP contribution is -2.41. The van der Waals surface area contributed by atoms with Gasteiger partial charge in [0.15, 0.2) is 10.5 Å². The van der Waals surface area contributed by atoms with Crippen molar-refractivity contribution in [2.45, 2.75) is 19.1 Å². The molecule has 13 heteroatoms. The summed E-state index contributed by atoms with van der Waals surface area (Å²) < 4.78 is 55.9. The molecule has 2 heterocycles. The van der Waals surface area contributed by atoms with Gasteiger partial charge >= 0.3 is 12.1 Å². The minimum Gasteiger partial charge on any atom is -0.488 e. The number of thiazole rings is 1. The second-order valence-electron chi connectivity index (χ2n) is 8.02. The van der Waals surface area contributed by atoms with Gasteiger partial charge in [0.2, 0.25) is 0 Å². The van der Waals surface area contributed by atoms with Crippen molar-refractivity contribution < 1.29 is 27.4 Å². The largest absolute Gasteiger partial charge is 0.488 e. The van der Waals surface area contributed by atoms with E-state index >= 15 is 0 Å². The molecule has 3 aromatic rings. The van der Waals surface area contributed by atoms with E-state index in [9.17, 15) is 22.8 Å². The first-order valence-electron chi connectivity index (χ1n) is 11.2. The van der Waals surface area contributed by atoms with Gasteiger partial charge in [-0.1, -0.05) is 63.7 Å². The van der Waals surface area contributed by atoms with Gasteiger partial charge in [0.05, 0.1) is 27.2 Å². The monoisotopic (exact) mass is 704 g/mol. The van der Waals surface area contributed by atoms with Gasteiger partial charge in [0.25, 0.3) is 5.56 Å². The molecule has 0 saturated carbocycles. The summed E-state index contributed by atoms with van der Waals surface area (Å²) in [6, 6.07) is 7.82. The Bertz CT molecular complexity index is 1660. The van der Waals surface area contributed by atoms with Gasteiger partial charge in [-0.3, -0.25) is 9.36 Å². The minimum atomic E-state index is -5.00. The topological polar surface area (TPSA) is 69.9 Å². The maximum atomic E-state index is 14.2. The molecule has 1 aliphatic heterocycles. The molecule has 0 saturated heterocycles. The number of nitrogens with zero attached hydrogens (tertiary/aromatic N) is 2. The molecular formula is C26H18Br2ClF3N2O4S. The highest BCUT2D eigenvalue weighted by Crippen LogP contribution is 2.39. The summed E-state index contributed by atoms with van der Waals surface area (Å²) in [5.41, 5.74) is -2.15. The van der Waals surface area contributed by atoms with Gasteiger partial charge < -0.3 is 9.47 Å². The Morgan fingerprint density at radius 2 is 1.95 bits per heavy atom. The van der Waals surface area contributed by atoms with Gasteiger partial charge in [0, 0.05) is 15.1 Å². The molecule has 2 aromatic carbocycles. The number of ether oxygens (including phenoxy) is 2. The van der Waals surface area contributed by atoms with Crippen molar-refractivity contribution in [1.29, 1.82) is 0 Å². The van der Waals surface area contributed by atoms with E-state index in [4.69, 9.17) is 21.1 Å². The van der Waals surface area contributed by atoms with Crippen LogP contribution in [0.5, 0.6) is 5.75 Å². The SMILES string of the molecule is C=CCOc1c(Br)cc(Br)cc1/C=c1\sc2n(c1=O)[C@@H](c1ccc(Cl)cc1)C(C(=O)OCC)=C(C(F)(F)F)N=2. The van der Waals surface area contributed by atoms with Crippen molar-refractivity contribution in [2.24, 2.45) is 4.99 Å². The summed E-state index contributed by atoms with van der Waals surface area (Å²) in [5, 5.41) is 0.330. The molecule has 6 nitrogen and oxygen atoms in total. The molecule has 1 aliphatic rings. The molecule has 0 fully saturated rings. The Morgan fingerprint density at radius 3 is 2.56 bits per heavy atom. The number of alkyl halides is 3. The zero-order chi connectivity index (χ0) is 28.5. The molecule has 1 aromatic heterocycles. The predicted octanol–water partition coefficient (Wildman–Crippen LogP) is 6.08. The van der Waals surface area contributed by atoms with Gasteiger partial charge in [-0.05, 0) is 58.8 Å². The van der Waals surface area contributed by atoms with E-state index in [2.05, 4.69) is 43.4 Å². The number of rotatable bonds is 7. The van der Waals surface area contributed by atoms with Crippen LogP contribution in [-0.4, -0.2) is 29.9 Å². The second kappa shape index (κ2) is 11.8. The zero-order valence-corrected chi connectivity index (χ0v) is 24.8. The summed E-state index contributed by atoms with van der Waals surface area (Å²) >= 11 is 13.6. The minimum absolute atomic E-state index is 0.0767. The van der Waals surface area contributed by atoms with Crippen LogP contribution in [0.2, 0.25) is 5.02 Å². The van der Waals surface area contributed by atoms with Gasteiger partial charge in [-0.25, -0.2) is 9.79 Å². The molecule has 39 heavy (non-hydrogen) atoms. The van der Waals surface area contributed by atoms with Gasteiger partial charge in [-0.2, -0.15) is 13.2 Å². The summed E-state index contributed by atoms with van der Waals surface area (Å²) in [5.74, 6) is -0.819. The van der Waals surface area contributed by atoms with Crippen molar-refractivity contribution in [3.05, 3.63) is 105 Å². The fraction of sp³-hybridized carbons (Fsp3) is 0.192. The number of halogens is 6. The van der Waals surface area contributed by atoms with Crippen molar-refractivity contribution in [2.75, 3.05) is 13.2 Å². The number of aromatic nitrogens is 1. The van der Waals surface area contributed by atoms with Crippen molar-refractivity contribution >= 4 is 66.8 Å². The predicted molar refractivity (Wildman–Crippen MR) is 150 cm³/mol. The molecule has 0 N–H and O–H groups in total. The van der Waals surface area contributed by atoms with Crippen LogP contribution in [0.1, 0.15) is 24.1 Å². The number of esters is 1. The third-order valence-electron chi connectivity index (χ3n) is 5.45. The number of hydrogen-bond donors (Lipinski definition) is 0. The Morgan fingerprint density at radius 1 is 1.26 bits per heavy atom. The number of carbonyl (C=O) groups excluding carboxylic acids is 1. The van der Waals surface area contributed by atoms with Crippen molar-refractivity contribution in [1.82, 2.24) is 4.57 Å². The van der Waals surface area contributed by atoms with E-state index in [1.54, 1.807) is 18.2 Å². The Labute approximate surface area is 246 Å². The first-order valence-corrected chi connectivity index (χ1v) is 14.0. The maximum absolute atomic E-state index is 14.2. The number of carbonyl (C=O) groups is 1. The second-order valence-corrected chi connectivity index (χ2v) is 11.2. The lowest BCUT2D eigenvalue weighted by atomic mass is 9.95. The van der Waals surface area contributed by atoms with Crippen molar-refractivity contribution in [3.63, 3.8) is 0 Å². The molecule has 0 aliphatic carbocycles. The maximum Gasteiger partial charge on any atom is 0.434 e. The van der Waals surface area contributed by atoms with Gasteiger partial charge in [0.1, 0.15) is 12.4 Å². The standard InChI is InChI=1S/C26H18Br2ClF3N2O4S/c1-3-9-38-21-14(10-15(27)12-17(21)28)11-18-23(35)34-20(13-5-7-16(29)8-6-13)19(24(36)37-4-2)22(26(30,31)32)33-25(34)39-18/h3,5-8,10-12,20H,1,4,9H2,2H3/b18-11-/t20-/m0/s1. The molecular weight excluding hydrogens is 689 g/mol. The highest BCUT2D eigenvalue weighted by atomic mass is 79.9.